The summed E-state index contributed by atoms with van der Waals surface area (Å²) < 4.78 is 0. The van der Waals surface area contributed by atoms with E-state index in [2.05, 4.69) is 44.9 Å². The molecule has 0 unspecified atom stereocenters. The number of benzene rings is 1. The van der Waals surface area contributed by atoms with Crippen LogP contribution in [0.4, 0.5) is 0 Å². The molecule has 0 bridgehead atoms. The molecule has 0 atom stereocenters. The molecule has 2 rings (SSSR count). The van der Waals surface area contributed by atoms with Crippen LogP contribution in [0.3, 0.4) is 0 Å². The van der Waals surface area contributed by atoms with Crippen LogP contribution >= 0.6 is 0 Å². The summed E-state index contributed by atoms with van der Waals surface area (Å²) in [6, 6.07) is 4.79. The third-order valence-electron chi connectivity index (χ3n) is 3.90. The van der Waals surface area contributed by atoms with Crippen LogP contribution in [-0.4, -0.2) is 25.0 Å². The highest BCUT2D eigenvalue weighted by molar-refractivity contribution is 5.43. The van der Waals surface area contributed by atoms with E-state index in [-0.39, 0.29) is 5.41 Å². The Kier molecular flexibility index (Phi) is 3.79. The highest BCUT2D eigenvalue weighted by Crippen LogP contribution is 2.30. The molecule has 2 heteroatoms. The number of hydrogen-bond acceptors (Lipinski definition) is 2. The van der Waals surface area contributed by atoms with E-state index in [9.17, 15) is 0 Å². The van der Waals surface area contributed by atoms with Gasteiger partial charge in [-0.3, -0.25) is 0 Å². The molecule has 2 nitrogen and oxygen atoms in total. The van der Waals surface area contributed by atoms with E-state index in [1.165, 1.54) is 29.7 Å². The van der Waals surface area contributed by atoms with Crippen LogP contribution in [0.1, 0.15) is 43.0 Å². The first-order valence-corrected chi connectivity index (χ1v) is 6.95. The van der Waals surface area contributed by atoms with Gasteiger partial charge in [0.15, 0.2) is 0 Å². The molecule has 0 fully saturated rings. The van der Waals surface area contributed by atoms with Gasteiger partial charge in [0.25, 0.3) is 0 Å². The summed E-state index contributed by atoms with van der Waals surface area (Å²) in [5.74, 6) is 0. The van der Waals surface area contributed by atoms with Gasteiger partial charge in [-0.1, -0.05) is 32.9 Å². The minimum absolute atomic E-state index is 0.217. The Labute approximate surface area is 111 Å². The van der Waals surface area contributed by atoms with E-state index in [1.54, 1.807) is 5.56 Å². The maximum atomic E-state index is 5.77. The summed E-state index contributed by atoms with van der Waals surface area (Å²) in [5.41, 5.74) is 12.0. The second-order valence-electron chi connectivity index (χ2n) is 6.55. The van der Waals surface area contributed by atoms with Crippen LogP contribution in [0, 0.1) is 0 Å². The first-order chi connectivity index (χ1) is 8.41. The highest BCUT2D eigenvalue weighted by Gasteiger charge is 2.21. The Bertz CT molecular complexity index is 412. The Morgan fingerprint density at radius 2 is 2.00 bits per heavy atom. The lowest BCUT2D eigenvalue weighted by molar-refractivity contribution is 0.311. The zero-order chi connectivity index (χ0) is 13.3. The predicted molar refractivity (Wildman–Crippen MR) is 77.9 cm³/mol. The van der Waals surface area contributed by atoms with Crippen molar-refractivity contribution in [2.75, 3.05) is 20.1 Å². The summed E-state index contributed by atoms with van der Waals surface area (Å²) in [7, 11) is 2.20. The van der Waals surface area contributed by atoms with Gasteiger partial charge in [-0.15, -0.1) is 0 Å². The fourth-order valence-corrected chi connectivity index (χ4v) is 2.74. The molecule has 100 valence electrons. The van der Waals surface area contributed by atoms with Gasteiger partial charge in [0, 0.05) is 13.1 Å². The van der Waals surface area contributed by atoms with Crippen molar-refractivity contribution in [2.24, 2.45) is 5.73 Å². The summed E-state index contributed by atoms with van der Waals surface area (Å²) in [6.07, 6.45) is 2.18. The molecule has 0 spiro atoms. The van der Waals surface area contributed by atoms with Crippen LogP contribution in [0.25, 0.3) is 0 Å². The molecule has 18 heavy (non-hydrogen) atoms. The largest absolute Gasteiger partial charge is 0.330 e. The van der Waals surface area contributed by atoms with Crippen LogP contribution in [0.15, 0.2) is 12.1 Å². The van der Waals surface area contributed by atoms with Crippen molar-refractivity contribution in [3.05, 3.63) is 34.4 Å². The molecule has 1 aromatic carbocycles. The topological polar surface area (TPSA) is 29.3 Å². The van der Waals surface area contributed by atoms with Crippen LogP contribution in [-0.2, 0) is 24.8 Å². The molecular weight excluding hydrogens is 220 g/mol. The fraction of sp³-hybridized carbons (Fsp3) is 0.625. The fourth-order valence-electron chi connectivity index (χ4n) is 2.74. The van der Waals surface area contributed by atoms with Gasteiger partial charge in [-0.25, -0.2) is 0 Å². The SMILES string of the molecule is CN1CCc2c(CCN)cc(C(C)(C)C)cc2C1. The molecule has 1 aromatic rings. The van der Waals surface area contributed by atoms with Crippen molar-refractivity contribution in [1.82, 2.24) is 4.90 Å². The van der Waals surface area contributed by atoms with Gasteiger partial charge < -0.3 is 10.6 Å². The monoisotopic (exact) mass is 246 g/mol. The molecule has 0 saturated carbocycles. The molecule has 1 heterocycles. The van der Waals surface area contributed by atoms with Crippen LogP contribution < -0.4 is 5.73 Å². The number of likely N-dealkylation sites (N-methyl/N-ethyl adjacent to an activating group) is 1. The average molecular weight is 246 g/mol. The molecule has 1 aliphatic heterocycles. The van der Waals surface area contributed by atoms with Gasteiger partial charge in [0.1, 0.15) is 0 Å². The summed E-state index contributed by atoms with van der Waals surface area (Å²) in [5, 5.41) is 0. The van der Waals surface area contributed by atoms with Crippen molar-refractivity contribution in [2.45, 2.75) is 45.6 Å². The molecule has 0 aromatic heterocycles. The molecule has 2 N–H and O–H groups in total. The summed E-state index contributed by atoms with van der Waals surface area (Å²) in [4.78, 5) is 2.40. The third-order valence-corrected chi connectivity index (χ3v) is 3.90. The molecule has 0 amide bonds. The van der Waals surface area contributed by atoms with Gasteiger partial charge in [-0.2, -0.15) is 0 Å². The third kappa shape index (κ3) is 2.76. The van der Waals surface area contributed by atoms with Gasteiger partial charge in [0.2, 0.25) is 0 Å². The first-order valence-electron chi connectivity index (χ1n) is 6.95. The van der Waals surface area contributed by atoms with Gasteiger partial charge in [-0.05, 0) is 54.1 Å². The minimum Gasteiger partial charge on any atom is -0.330 e. The van der Waals surface area contributed by atoms with E-state index in [0.29, 0.717) is 0 Å². The molecule has 1 aliphatic rings. The Balaban J connectivity index is 2.48. The van der Waals surface area contributed by atoms with E-state index >= 15 is 0 Å². The predicted octanol–water partition coefficient (Wildman–Crippen LogP) is 2.47. The highest BCUT2D eigenvalue weighted by atomic mass is 15.1. The quantitative estimate of drug-likeness (QED) is 0.868. The summed E-state index contributed by atoms with van der Waals surface area (Å²) in [6.45, 7) is 9.85. The van der Waals surface area contributed by atoms with Crippen LogP contribution in [0.5, 0.6) is 0 Å². The molecular formula is C16H26N2. The zero-order valence-corrected chi connectivity index (χ0v) is 12.2. The lowest BCUT2D eigenvalue weighted by Gasteiger charge is -2.30. The van der Waals surface area contributed by atoms with Gasteiger partial charge >= 0.3 is 0 Å². The van der Waals surface area contributed by atoms with Crippen molar-refractivity contribution < 1.29 is 0 Å². The molecule has 0 radical (unpaired) electrons. The number of nitrogens with zero attached hydrogens (tertiary/aromatic N) is 1. The Hall–Kier alpha value is -0.860. The van der Waals surface area contributed by atoms with Crippen molar-refractivity contribution in [3.63, 3.8) is 0 Å². The molecule has 0 saturated heterocycles. The Morgan fingerprint density at radius 1 is 1.28 bits per heavy atom. The average Bonchev–Trinajstić information content (AvgIpc) is 2.27. The van der Waals surface area contributed by atoms with E-state index in [0.717, 1.165) is 19.5 Å². The van der Waals surface area contributed by atoms with Crippen molar-refractivity contribution >= 4 is 0 Å². The van der Waals surface area contributed by atoms with Crippen molar-refractivity contribution in [1.29, 1.82) is 0 Å². The van der Waals surface area contributed by atoms with E-state index in [4.69, 9.17) is 5.73 Å². The Morgan fingerprint density at radius 3 is 2.61 bits per heavy atom. The maximum absolute atomic E-state index is 5.77. The standard InChI is InChI=1S/C16H26N2/c1-16(2,3)14-9-12(5-7-17)15-6-8-18(4)11-13(15)10-14/h9-10H,5-8,11,17H2,1-4H3. The number of hydrogen-bond donors (Lipinski definition) is 1. The minimum atomic E-state index is 0.217. The lowest BCUT2D eigenvalue weighted by atomic mass is 9.81. The second kappa shape index (κ2) is 5.02. The smallest absolute Gasteiger partial charge is 0.0233 e. The molecule has 0 aliphatic carbocycles. The second-order valence-corrected chi connectivity index (χ2v) is 6.55. The van der Waals surface area contributed by atoms with E-state index < -0.39 is 0 Å². The van der Waals surface area contributed by atoms with Crippen LogP contribution in [0.2, 0.25) is 0 Å². The first kappa shape index (κ1) is 13.6. The van der Waals surface area contributed by atoms with Crippen molar-refractivity contribution in [3.8, 4) is 0 Å². The number of fused-ring (bicyclic) bond motifs is 1. The lowest BCUT2D eigenvalue weighted by Crippen LogP contribution is -2.28. The maximum Gasteiger partial charge on any atom is 0.0233 e. The summed E-state index contributed by atoms with van der Waals surface area (Å²) >= 11 is 0. The number of rotatable bonds is 2. The van der Waals surface area contributed by atoms with E-state index in [1.807, 2.05) is 0 Å². The normalized spacial score (nSPS) is 16.7. The number of nitrogens with two attached hydrogens (primary N) is 1. The zero-order valence-electron chi connectivity index (χ0n) is 12.2. The van der Waals surface area contributed by atoms with Gasteiger partial charge in [0.05, 0.1) is 0 Å².